The average molecular weight is 382 g/mol. The minimum atomic E-state index is -0.305. The predicted molar refractivity (Wildman–Crippen MR) is 104 cm³/mol. The molecule has 1 aliphatic heterocycles. The van der Waals surface area contributed by atoms with Gasteiger partial charge in [0.05, 0.1) is 23.6 Å². The van der Waals surface area contributed by atoms with Crippen LogP contribution in [0.15, 0.2) is 64.0 Å². The summed E-state index contributed by atoms with van der Waals surface area (Å²) >= 11 is 6.06. The van der Waals surface area contributed by atoms with E-state index in [2.05, 4.69) is 5.32 Å². The summed E-state index contributed by atoms with van der Waals surface area (Å²) in [7, 11) is 0. The second kappa shape index (κ2) is 7.29. The second-order valence-corrected chi connectivity index (χ2v) is 6.67. The molecule has 136 valence electrons. The number of carbonyl (C=O) groups excluding carboxylic acids is 1. The molecular weight excluding hydrogens is 366 g/mol. The summed E-state index contributed by atoms with van der Waals surface area (Å²) in [5.41, 5.74) is 1.50. The third kappa shape index (κ3) is 3.59. The number of rotatable bonds is 3. The summed E-state index contributed by atoms with van der Waals surface area (Å²) in [6.07, 6.45) is 4.80. The van der Waals surface area contributed by atoms with E-state index in [4.69, 9.17) is 20.8 Å². The molecule has 1 aromatic heterocycles. The summed E-state index contributed by atoms with van der Waals surface area (Å²) in [4.78, 5) is 24.8. The number of hydrogen-bond acceptors (Lipinski definition) is 4. The van der Waals surface area contributed by atoms with E-state index >= 15 is 0 Å². The van der Waals surface area contributed by atoms with Gasteiger partial charge in [0.25, 0.3) is 0 Å². The SMILES string of the molecule is O=C(/C=C/c1coc2ccccc2c1=O)NC1CCOc2ccc(Cl)cc21. The fraction of sp³-hybridized carbons (Fsp3) is 0.143. The highest BCUT2D eigenvalue weighted by atomic mass is 35.5. The summed E-state index contributed by atoms with van der Waals surface area (Å²) < 4.78 is 11.0. The van der Waals surface area contributed by atoms with Crippen molar-refractivity contribution in [2.24, 2.45) is 0 Å². The average Bonchev–Trinajstić information content (AvgIpc) is 2.68. The van der Waals surface area contributed by atoms with Gasteiger partial charge in [0.1, 0.15) is 17.6 Å². The Morgan fingerprint density at radius 2 is 2.07 bits per heavy atom. The van der Waals surface area contributed by atoms with Crippen LogP contribution in [0, 0.1) is 0 Å². The Bertz CT molecular complexity index is 1100. The van der Waals surface area contributed by atoms with E-state index in [1.54, 1.807) is 42.5 Å². The number of halogens is 1. The van der Waals surface area contributed by atoms with Crippen molar-refractivity contribution in [1.82, 2.24) is 5.32 Å². The molecule has 6 heteroatoms. The molecule has 3 aromatic rings. The zero-order valence-electron chi connectivity index (χ0n) is 14.3. The van der Waals surface area contributed by atoms with Gasteiger partial charge < -0.3 is 14.5 Å². The Labute approximate surface area is 160 Å². The molecule has 5 nitrogen and oxygen atoms in total. The Morgan fingerprint density at radius 1 is 1.22 bits per heavy atom. The molecule has 0 radical (unpaired) electrons. The van der Waals surface area contributed by atoms with E-state index in [0.717, 1.165) is 11.3 Å². The van der Waals surface area contributed by atoms with Crippen molar-refractivity contribution >= 4 is 34.6 Å². The molecule has 4 rings (SSSR count). The number of para-hydroxylation sites is 1. The minimum absolute atomic E-state index is 0.177. The van der Waals surface area contributed by atoms with Crippen LogP contribution < -0.4 is 15.5 Å². The van der Waals surface area contributed by atoms with E-state index in [1.165, 1.54) is 18.4 Å². The van der Waals surface area contributed by atoms with E-state index in [9.17, 15) is 9.59 Å². The first-order valence-electron chi connectivity index (χ1n) is 8.53. The van der Waals surface area contributed by atoms with Crippen LogP contribution in [0.3, 0.4) is 0 Å². The third-order valence-corrected chi connectivity index (χ3v) is 4.68. The molecule has 0 saturated carbocycles. The van der Waals surface area contributed by atoms with E-state index in [0.29, 0.717) is 34.6 Å². The molecule has 1 unspecified atom stereocenters. The molecule has 1 aliphatic rings. The van der Waals surface area contributed by atoms with Gasteiger partial charge in [0.2, 0.25) is 5.91 Å². The monoisotopic (exact) mass is 381 g/mol. The zero-order chi connectivity index (χ0) is 18.8. The Morgan fingerprint density at radius 3 is 2.96 bits per heavy atom. The van der Waals surface area contributed by atoms with Gasteiger partial charge in [-0.25, -0.2) is 0 Å². The fourth-order valence-electron chi connectivity index (χ4n) is 3.11. The van der Waals surface area contributed by atoms with Gasteiger partial charge in [-0.15, -0.1) is 0 Å². The van der Waals surface area contributed by atoms with Gasteiger partial charge in [0, 0.05) is 23.1 Å². The van der Waals surface area contributed by atoms with Crippen LogP contribution in [0.25, 0.3) is 17.0 Å². The maximum Gasteiger partial charge on any atom is 0.244 e. The molecular formula is C21H16ClNO4. The number of benzene rings is 2. The third-order valence-electron chi connectivity index (χ3n) is 4.45. The van der Waals surface area contributed by atoms with Crippen molar-refractivity contribution in [2.45, 2.75) is 12.5 Å². The van der Waals surface area contributed by atoms with Crippen molar-refractivity contribution in [2.75, 3.05) is 6.61 Å². The van der Waals surface area contributed by atoms with E-state index in [-0.39, 0.29) is 17.4 Å². The van der Waals surface area contributed by atoms with Crippen LogP contribution in [-0.4, -0.2) is 12.5 Å². The van der Waals surface area contributed by atoms with E-state index in [1.807, 2.05) is 0 Å². The number of carbonyl (C=O) groups is 1. The molecule has 0 bridgehead atoms. The lowest BCUT2D eigenvalue weighted by atomic mass is 10.0. The summed E-state index contributed by atoms with van der Waals surface area (Å²) in [5.74, 6) is 0.412. The molecule has 27 heavy (non-hydrogen) atoms. The molecule has 2 heterocycles. The maximum absolute atomic E-state index is 12.5. The minimum Gasteiger partial charge on any atom is -0.493 e. The number of amides is 1. The van der Waals surface area contributed by atoms with Crippen LogP contribution in [0.5, 0.6) is 5.75 Å². The van der Waals surface area contributed by atoms with Crippen molar-refractivity contribution in [3.8, 4) is 5.75 Å². The van der Waals surface area contributed by atoms with Crippen LogP contribution >= 0.6 is 11.6 Å². The first-order chi connectivity index (χ1) is 13.1. The van der Waals surface area contributed by atoms with Crippen molar-refractivity contribution < 1.29 is 13.9 Å². The molecule has 1 amide bonds. The van der Waals surface area contributed by atoms with Crippen LogP contribution in [0.2, 0.25) is 5.02 Å². The van der Waals surface area contributed by atoms with Crippen molar-refractivity contribution in [1.29, 1.82) is 0 Å². The quantitative estimate of drug-likeness (QED) is 0.693. The molecule has 0 saturated heterocycles. The molecule has 2 aromatic carbocycles. The molecule has 0 spiro atoms. The van der Waals surface area contributed by atoms with Crippen LogP contribution in [-0.2, 0) is 4.79 Å². The Kier molecular flexibility index (Phi) is 4.69. The zero-order valence-corrected chi connectivity index (χ0v) is 15.0. The van der Waals surface area contributed by atoms with Gasteiger partial charge in [-0.3, -0.25) is 9.59 Å². The largest absolute Gasteiger partial charge is 0.493 e. The predicted octanol–water partition coefficient (Wildman–Crippen LogP) is 4.10. The number of fused-ring (bicyclic) bond motifs is 2. The van der Waals surface area contributed by atoms with E-state index < -0.39 is 0 Å². The topological polar surface area (TPSA) is 68.5 Å². The van der Waals surface area contributed by atoms with Crippen LogP contribution in [0.4, 0.5) is 0 Å². The van der Waals surface area contributed by atoms with Gasteiger partial charge in [-0.2, -0.15) is 0 Å². The second-order valence-electron chi connectivity index (χ2n) is 6.23. The highest BCUT2D eigenvalue weighted by molar-refractivity contribution is 6.30. The summed E-state index contributed by atoms with van der Waals surface area (Å²) in [6.45, 7) is 0.511. The molecule has 1 N–H and O–H groups in total. The number of hydrogen-bond donors (Lipinski definition) is 1. The number of nitrogens with one attached hydrogen (secondary N) is 1. The maximum atomic E-state index is 12.5. The van der Waals surface area contributed by atoms with Crippen LogP contribution in [0.1, 0.15) is 23.6 Å². The normalized spacial score (nSPS) is 16.1. The summed E-state index contributed by atoms with van der Waals surface area (Å²) in [5, 5.41) is 4.00. The molecule has 0 aliphatic carbocycles. The Hall–Kier alpha value is -3.05. The highest BCUT2D eigenvalue weighted by Crippen LogP contribution is 2.33. The van der Waals surface area contributed by atoms with Gasteiger partial charge >= 0.3 is 0 Å². The first-order valence-corrected chi connectivity index (χ1v) is 8.91. The highest BCUT2D eigenvalue weighted by Gasteiger charge is 2.22. The fourth-order valence-corrected chi connectivity index (χ4v) is 3.29. The Balaban J connectivity index is 1.53. The lowest BCUT2D eigenvalue weighted by Gasteiger charge is -2.26. The van der Waals surface area contributed by atoms with Crippen molar-refractivity contribution in [3.05, 3.63) is 81.2 Å². The lowest BCUT2D eigenvalue weighted by molar-refractivity contribution is -0.117. The summed E-state index contributed by atoms with van der Waals surface area (Å²) in [6, 6.07) is 12.1. The standard InChI is InChI=1S/C21H16ClNO4/c22-14-6-7-19-16(11-14)17(9-10-26-19)23-20(24)8-5-13-12-27-18-4-2-1-3-15(18)21(13)25/h1-8,11-12,17H,9-10H2,(H,23,24)/b8-5+. The van der Waals surface area contributed by atoms with Gasteiger partial charge in [-0.05, 0) is 36.4 Å². The smallest absolute Gasteiger partial charge is 0.244 e. The lowest BCUT2D eigenvalue weighted by Crippen LogP contribution is -2.31. The van der Waals surface area contributed by atoms with Gasteiger partial charge in [-0.1, -0.05) is 23.7 Å². The van der Waals surface area contributed by atoms with Crippen molar-refractivity contribution in [3.63, 3.8) is 0 Å². The first kappa shape index (κ1) is 17.4. The van der Waals surface area contributed by atoms with Gasteiger partial charge in [0.15, 0.2) is 5.43 Å². The molecule has 0 fully saturated rings. The number of ether oxygens (including phenoxy) is 1. The molecule has 1 atom stereocenters.